The Kier molecular flexibility index (Phi) is 3.60. The molecule has 0 aliphatic heterocycles. The van der Waals surface area contributed by atoms with Gasteiger partial charge in [-0.2, -0.15) is 0 Å². The Hall–Kier alpha value is -1.20. The summed E-state index contributed by atoms with van der Waals surface area (Å²) in [7, 11) is 1.57. The van der Waals surface area contributed by atoms with Crippen LogP contribution in [-0.2, 0) is 16.1 Å². The van der Waals surface area contributed by atoms with Crippen molar-refractivity contribution < 1.29 is 14.6 Å². The highest BCUT2D eigenvalue weighted by molar-refractivity contribution is 7.10. The summed E-state index contributed by atoms with van der Waals surface area (Å²) in [6.45, 7) is 0.406. The van der Waals surface area contributed by atoms with E-state index in [1.54, 1.807) is 12.6 Å². The van der Waals surface area contributed by atoms with Crippen LogP contribution >= 0.6 is 11.3 Å². The standard InChI is InChI=1S/C8H9NO3S/c1-12-4-6-7(13-5-9-6)2-3-8(10)11/h2-3,5H,4H2,1H3,(H,10,11)/b3-2+. The van der Waals surface area contributed by atoms with Crippen molar-refractivity contribution in [3.8, 4) is 0 Å². The fourth-order valence-electron chi connectivity index (χ4n) is 0.806. The number of thiazole rings is 1. The first-order valence-electron chi connectivity index (χ1n) is 3.56. The van der Waals surface area contributed by atoms with Crippen LogP contribution in [0.5, 0.6) is 0 Å². The van der Waals surface area contributed by atoms with Crippen LogP contribution in [0, 0.1) is 0 Å². The maximum absolute atomic E-state index is 10.2. The molecule has 1 aromatic rings. The maximum Gasteiger partial charge on any atom is 0.328 e. The SMILES string of the molecule is COCc1ncsc1/C=C/C(=O)O. The fraction of sp³-hybridized carbons (Fsp3) is 0.250. The molecule has 5 heteroatoms. The average molecular weight is 199 g/mol. The van der Waals surface area contributed by atoms with E-state index >= 15 is 0 Å². The highest BCUT2D eigenvalue weighted by atomic mass is 32.1. The molecule has 1 N–H and O–H groups in total. The molecule has 0 amide bonds. The van der Waals surface area contributed by atoms with Crippen LogP contribution in [0.25, 0.3) is 6.08 Å². The van der Waals surface area contributed by atoms with Crippen LogP contribution < -0.4 is 0 Å². The summed E-state index contributed by atoms with van der Waals surface area (Å²) in [6, 6.07) is 0. The Morgan fingerprint density at radius 2 is 2.62 bits per heavy atom. The van der Waals surface area contributed by atoms with Gasteiger partial charge in [0.15, 0.2) is 0 Å². The van der Waals surface area contributed by atoms with Gasteiger partial charge in [-0.3, -0.25) is 0 Å². The van der Waals surface area contributed by atoms with E-state index in [4.69, 9.17) is 9.84 Å². The summed E-state index contributed by atoms with van der Waals surface area (Å²) in [5.74, 6) is -0.961. The van der Waals surface area contributed by atoms with Crippen LogP contribution in [0.3, 0.4) is 0 Å². The molecule has 13 heavy (non-hydrogen) atoms. The lowest BCUT2D eigenvalue weighted by Gasteiger charge is -1.94. The molecule has 1 aromatic heterocycles. The molecule has 0 saturated heterocycles. The lowest BCUT2D eigenvalue weighted by Crippen LogP contribution is -1.90. The van der Waals surface area contributed by atoms with Gasteiger partial charge in [-0.15, -0.1) is 11.3 Å². The third-order valence-electron chi connectivity index (χ3n) is 1.33. The molecule has 0 saturated carbocycles. The molecule has 70 valence electrons. The van der Waals surface area contributed by atoms with Crippen molar-refractivity contribution in [2.24, 2.45) is 0 Å². The van der Waals surface area contributed by atoms with Gasteiger partial charge in [0.25, 0.3) is 0 Å². The Labute approximate surface area is 79.5 Å². The van der Waals surface area contributed by atoms with Gasteiger partial charge < -0.3 is 9.84 Å². The van der Waals surface area contributed by atoms with E-state index in [1.165, 1.54) is 17.4 Å². The van der Waals surface area contributed by atoms with E-state index in [0.29, 0.717) is 6.61 Å². The molecule has 0 atom stereocenters. The van der Waals surface area contributed by atoms with E-state index in [0.717, 1.165) is 16.6 Å². The maximum atomic E-state index is 10.2. The predicted octanol–water partition coefficient (Wildman–Crippen LogP) is 1.39. The number of carboxylic acid groups (broad SMARTS) is 1. The van der Waals surface area contributed by atoms with Crippen molar-refractivity contribution in [1.29, 1.82) is 0 Å². The number of rotatable bonds is 4. The second kappa shape index (κ2) is 4.74. The van der Waals surface area contributed by atoms with Crippen molar-refractivity contribution in [3.63, 3.8) is 0 Å². The van der Waals surface area contributed by atoms with Crippen LogP contribution in [0.15, 0.2) is 11.6 Å². The van der Waals surface area contributed by atoms with Gasteiger partial charge in [0, 0.05) is 13.2 Å². The molecule has 0 fully saturated rings. The molecule has 0 spiro atoms. The molecule has 0 aliphatic rings. The van der Waals surface area contributed by atoms with Crippen molar-refractivity contribution in [3.05, 3.63) is 22.2 Å². The Bertz CT molecular complexity index is 319. The molecule has 0 radical (unpaired) electrons. The fourth-order valence-corrected chi connectivity index (χ4v) is 1.49. The van der Waals surface area contributed by atoms with Gasteiger partial charge in [-0.25, -0.2) is 9.78 Å². The molecule has 0 bridgehead atoms. The van der Waals surface area contributed by atoms with Crippen LogP contribution in [0.1, 0.15) is 10.6 Å². The minimum Gasteiger partial charge on any atom is -0.478 e. The summed E-state index contributed by atoms with van der Waals surface area (Å²) in [5.41, 5.74) is 2.43. The van der Waals surface area contributed by atoms with Crippen molar-refractivity contribution in [2.75, 3.05) is 7.11 Å². The summed E-state index contributed by atoms with van der Waals surface area (Å²) in [5, 5.41) is 8.40. The predicted molar refractivity (Wildman–Crippen MR) is 49.5 cm³/mol. The molecule has 1 rings (SSSR count). The minimum absolute atomic E-state index is 0.406. The van der Waals surface area contributed by atoms with Crippen LogP contribution in [0.4, 0.5) is 0 Å². The van der Waals surface area contributed by atoms with Gasteiger partial charge in [0.2, 0.25) is 0 Å². The smallest absolute Gasteiger partial charge is 0.328 e. The van der Waals surface area contributed by atoms with Crippen molar-refractivity contribution in [1.82, 2.24) is 4.98 Å². The normalized spacial score (nSPS) is 10.8. The van der Waals surface area contributed by atoms with E-state index in [1.807, 2.05) is 0 Å². The zero-order valence-corrected chi connectivity index (χ0v) is 7.87. The number of aliphatic carboxylic acids is 1. The largest absolute Gasteiger partial charge is 0.478 e. The van der Waals surface area contributed by atoms with Gasteiger partial charge >= 0.3 is 5.97 Å². The van der Waals surface area contributed by atoms with Gasteiger partial charge in [0.05, 0.1) is 22.7 Å². The quantitative estimate of drug-likeness (QED) is 0.744. The zero-order chi connectivity index (χ0) is 9.68. The van der Waals surface area contributed by atoms with E-state index in [2.05, 4.69) is 4.98 Å². The second-order valence-corrected chi connectivity index (χ2v) is 3.15. The number of nitrogens with zero attached hydrogens (tertiary/aromatic N) is 1. The van der Waals surface area contributed by atoms with Gasteiger partial charge in [-0.05, 0) is 6.08 Å². The number of methoxy groups -OCH3 is 1. The molecule has 0 aliphatic carbocycles. The third kappa shape index (κ3) is 2.96. The van der Waals surface area contributed by atoms with Crippen LogP contribution in [-0.4, -0.2) is 23.2 Å². The summed E-state index contributed by atoms with van der Waals surface area (Å²) in [4.78, 5) is 15.1. The average Bonchev–Trinajstić information content (AvgIpc) is 2.49. The topological polar surface area (TPSA) is 59.4 Å². The number of carboxylic acids is 1. The third-order valence-corrected chi connectivity index (χ3v) is 2.17. The molecule has 4 nitrogen and oxygen atoms in total. The van der Waals surface area contributed by atoms with Gasteiger partial charge in [-0.1, -0.05) is 0 Å². The van der Waals surface area contributed by atoms with E-state index in [-0.39, 0.29) is 0 Å². The molecular formula is C8H9NO3S. The highest BCUT2D eigenvalue weighted by Gasteiger charge is 2.02. The Morgan fingerprint density at radius 1 is 1.85 bits per heavy atom. The number of ether oxygens (including phenoxy) is 1. The number of hydrogen-bond acceptors (Lipinski definition) is 4. The van der Waals surface area contributed by atoms with Crippen LogP contribution in [0.2, 0.25) is 0 Å². The summed E-state index contributed by atoms with van der Waals surface area (Å²) >= 11 is 1.39. The number of aromatic nitrogens is 1. The molecule has 0 unspecified atom stereocenters. The Morgan fingerprint density at radius 3 is 3.23 bits per heavy atom. The highest BCUT2D eigenvalue weighted by Crippen LogP contribution is 2.15. The number of hydrogen-bond donors (Lipinski definition) is 1. The Balaban J connectivity index is 2.75. The number of carbonyl (C=O) groups is 1. The lowest BCUT2D eigenvalue weighted by atomic mass is 10.3. The monoisotopic (exact) mass is 199 g/mol. The van der Waals surface area contributed by atoms with E-state index in [9.17, 15) is 4.79 Å². The molecular weight excluding hydrogens is 190 g/mol. The lowest BCUT2D eigenvalue weighted by molar-refractivity contribution is -0.131. The molecule has 1 heterocycles. The summed E-state index contributed by atoms with van der Waals surface area (Å²) in [6.07, 6.45) is 2.61. The van der Waals surface area contributed by atoms with Crippen molar-refractivity contribution >= 4 is 23.4 Å². The first-order valence-corrected chi connectivity index (χ1v) is 4.44. The summed E-state index contributed by atoms with van der Waals surface area (Å²) < 4.78 is 4.90. The first-order chi connectivity index (χ1) is 6.24. The van der Waals surface area contributed by atoms with E-state index < -0.39 is 5.97 Å². The second-order valence-electron chi connectivity index (χ2n) is 2.27. The molecule has 0 aromatic carbocycles. The zero-order valence-electron chi connectivity index (χ0n) is 7.06. The first kappa shape index (κ1) is 9.88. The van der Waals surface area contributed by atoms with Crippen molar-refractivity contribution in [2.45, 2.75) is 6.61 Å². The minimum atomic E-state index is -0.961. The van der Waals surface area contributed by atoms with Gasteiger partial charge in [0.1, 0.15) is 0 Å².